The summed E-state index contributed by atoms with van der Waals surface area (Å²) in [6.45, 7) is 3.00. The van der Waals surface area contributed by atoms with Gasteiger partial charge in [0, 0.05) is 30.8 Å². The summed E-state index contributed by atoms with van der Waals surface area (Å²) in [7, 11) is -4.67. The molecule has 3 N–H and O–H groups in total. The van der Waals surface area contributed by atoms with E-state index in [4.69, 9.17) is 17.5 Å². The van der Waals surface area contributed by atoms with E-state index >= 15 is 0 Å². The number of hydrogen-bond donors (Lipinski definition) is 3. The summed E-state index contributed by atoms with van der Waals surface area (Å²) in [5, 5.41) is 3.43. The normalized spacial score (nSPS) is 24.9. The van der Waals surface area contributed by atoms with Gasteiger partial charge < -0.3 is 9.88 Å². The number of nitrogens with zero attached hydrogens (tertiary/aromatic N) is 1. The second kappa shape index (κ2) is 5.41. The first-order valence-corrected chi connectivity index (χ1v) is 7.34. The molecular formula is C11H16N2O5S. The third-order valence-corrected chi connectivity index (χ3v) is 3.38. The molecule has 0 amide bonds. The molecule has 0 radical (unpaired) electrons. The van der Waals surface area contributed by atoms with E-state index in [1.807, 2.05) is 10.6 Å². The highest BCUT2D eigenvalue weighted by molar-refractivity contribution is 7.79. The molecule has 7 nitrogen and oxygen atoms in total. The van der Waals surface area contributed by atoms with Gasteiger partial charge in [0.1, 0.15) is 0 Å². The van der Waals surface area contributed by atoms with Crippen LogP contribution in [0.4, 0.5) is 0 Å². The molecule has 106 valence electrons. The zero-order valence-electron chi connectivity index (χ0n) is 10.2. The molecule has 0 spiro atoms. The van der Waals surface area contributed by atoms with Crippen LogP contribution >= 0.6 is 0 Å². The van der Waals surface area contributed by atoms with Crippen molar-refractivity contribution in [2.75, 3.05) is 13.1 Å². The predicted octanol–water partition coefficient (Wildman–Crippen LogP) is -0.0978. The molecule has 1 aromatic heterocycles. The monoisotopic (exact) mass is 288 g/mol. The van der Waals surface area contributed by atoms with Gasteiger partial charge in [-0.15, -0.1) is 0 Å². The lowest BCUT2D eigenvalue weighted by atomic mass is 9.84. The lowest BCUT2D eigenvalue weighted by Crippen LogP contribution is -2.44. The number of aromatic nitrogens is 1. The third kappa shape index (κ3) is 3.87. The minimum Gasteiger partial charge on any atom is -0.316 e. The van der Waals surface area contributed by atoms with Gasteiger partial charge in [-0.1, -0.05) is 6.07 Å². The molecule has 0 saturated carbocycles. The first-order chi connectivity index (χ1) is 8.84. The van der Waals surface area contributed by atoms with E-state index in [2.05, 4.69) is 11.4 Å². The highest BCUT2D eigenvalue weighted by Crippen LogP contribution is 2.31. The van der Waals surface area contributed by atoms with Crippen molar-refractivity contribution in [1.82, 2.24) is 9.88 Å². The Kier molecular flexibility index (Phi) is 4.04. The van der Waals surface area contributed by atoms with Crippen LogP contribution in [0.15, 0.2) is 23.0 Å². The van der Waals surface area contributed by atoms with Crippen molar-refractivity contribution in [2.24, 2.45) is 5.92 Å². The molecule has 3 rings (SSSR count). The summed E-state index contributed by atoms with van der Waals surface area (Å²) < 4.78 is 33.5. The van der Waals surface area contributed by atoms with Crippen molar-refractivity contribution in [2.45, 2.75) is 18.9 Å². The van der Waals surface area contributed by atoms with Crippen LogP contribution in [0, 0.1) is 5.92 Å². The van der Waals surface area contributed by atoms with Crippen molar-refractivity contribution in [1.29, 1.82) is 0 Å². The number of rotatable bonds is 0. The molecule has 0 aromatic carbocycles. The standard InChI is InChI=1S/C11H14N2O.H2O4S/c14-11-3-1-2-10-9-4-8(5-12-6-9)7-13(10)11;1-5(2,3)4/h1-3,8-9,12H,4-7H2;(H2,1,2,3,4)/t8-,9+;/m0./s1. The van der Waals surface area contributed by atoms with E-state index in [-0.39, 0.29) is 5.56 Å². The topological polar surface area (TPSA) is 109 Å². The highest BCUT2D eigenvalue weighted by Gasteiger charge is 2.30. The van der Waals surface area contributed by atoms with E-state index in [9.17, 15) is 4.79 Å². The Bertz CT molecular complexity index is 602. The van der Waals surface area contributed by atoms with Crippen LogP contribution in [-0.2, 0) is 16.9 Å². The van der Waals surface area contributed by atoms with Crippen molar-refractivity contribution in [3.63, 3.8) is 0 Å². The number of nitrogens with one attached hydrogen (secondary N) is 1. The molecular weight excluding hydrogens is 272 g/mol. The van der Waals surface area contributed by atoms with Crippen LogP contribution in [-0.4, -0.2) is 35.2 Å². The molecule has 19 heavy (non-hydrogen) atoms. The van der Waals surface area contributed by atoms with Crippen LogP contribution in [0.1, 0.15) is 18.0 Å². The molecule has 1 aromatic rings. The fraction of sp³-hybridized carbons (Fsp3) is 0.545. The lowest BCUT2D eigenvalue weighted by Gasteiger charge is -2.37. The molecule has 8 heteroatoms. The van der Waals surface area contributed by atoms with Crippen molar-refractivity contribution in [3.8, 4) is 0 Å². The van der Waals surface area contributed by atoms with Gasteiger partial charge in [0.05, 0.1) is 0 Å². The van der Waals surface area contributed by atoms with Gasteiger partial charge in [0.25, 0.3) is 5.56 Å². The zero-order chi connectivity index (χ0) is 14.0. The average Bonchev–Trinajstić information content (AvgIpc) is 2.29. The second-order valence-electron chi connectivity index (χ2n) is 4.80. The van der Waals surface area contributed by atoms with E-state index in [0.717, 1.165) is 19.6 Å². The summed E-state index contributed by atoms with van der Waals surface area (Å²) in [6, 6.07) is 5.64. The average molecular weight is 288 g/mol. The highest BCUT2D eigenvalue weighted by atomic mass is 32.3. The Morgan fingerprint density at radius 3 is 2.63 bits per heavy atom. The lowest BCUT2D eigenvalue weighted by molar-refractivity contribution is 0.257. The number of fused-ring (bicyclic) bond motifs is 4. The van der Waals surface area contributed by atoms with Crippen molar-refractivity contribution >= 4 is 10.4 Å². The van der Waals surface area contributed by atoms with Gasteiger partial charge in [-0.05, 0) is 24.9 Å². The SMILES string of the molecule is O=S(=O)(O)O.O=c1cccc2n1C[C@@H]1CNC[C@H]2C1. The summed E-state index contributed by atoms with van der Waals surface area (Å²) in [5.41, 5.74) is 1.39. The second-order valence-corrected chi connectivity index (χ2v) is 5.70. The van der Waals surface area contributed by atoms with Crippen molar-refractivity contribution in [3.05, 3.63) is 34.2 Å². The largest absolute Gasteiger partial charge is 0.394 e. The van der Waals surface area contributed by atoms with E-state index in [0.29, 0.717) is 11.8 Å². The molecule has 3 heterocycles. The molecule has 0 aliphatic carbocycles. The van der Waals surface area contributed by atoms with E-state index < -0.39 is 10.4 Å². The number of hydrogen-bond acceptors (Lipinski definition) is 4. The van der Waals surface area contributed by atoms with Crippen LogP contribution < -0.4 is 10.9 Å². The van der Waals surface area contributed by atoms with Gasteiger partial charge in [-0.2, -0.15) is 8.42 Å². The van der Waals surface area contributed by atoms with Crippen LogP contribution in [0.25, 0.3) is 0 Å². The van der Waals surface area contributed by atoms with Crippen molar-refractivity contribution < 1.29 is 17.5 Å². The van der Waals surface area contributed by atoms with E-state index in [1.165, 1.54) is 12.1 Å². The Morgan fingerprint density at radius 2 is 1.95 bits per heavy atom. The predicted molar refractivity (Wildman–Crippen MR) is 68.6 cm³/mol. The van der Waals surface area contributed by atoms with Gasteiger partial charge in [-0.3, -0.25) is 13.9 Å². The molecule has 2 aliphatic rings. The maximum Gasteiger partial charge on any atom is 0.394 e. The quantitative estimate of drug-likeness (QED) is 0.575. The smallest absolute Gasteiger partial charge is 0.316 e. The minimum absolute atomic E-state index is 0.166. The summed E-state index contributed by atoms with van der Waals surface area (Å²) >= 11 is 0. The Labute approximate surface area is 110 Å². The fourth-order valence-corrected chi connectivity index (χ4v) is 2.74. The fourth-order valence-electron chi connectivity index (χ4n) is 2.74. The van der Waals surface area contributed by atoms with Gasteiger partial charge in [0.2, 0.25) is 0 Å². The first-order valence-electron chi connectivity index (χ1n) is 5.95. The number of piperidine rings is 1. The van der Waals surface area contributed by atoms with Crippen LogP contribution in [0.5, 0.6) is 0 Å². The Balaban J connectivity index is 0.000000232. The van der Waals surface area contributed by atoms with Gasteiger partial charge >= 0.3 is 10.4 Å². The van der Waals surface area contributed by atoms with Crippen LogP contribution in [0.3, 0.4) is 0 Å². The van der Waals surface area contributed by atoms with E-state index in [1.54, 1.807) is 6.07 Å². The van der Waals surface area contributed by atoms with Gasteiger partial charge in [0.15, 0.2) is 0 Å². The molecule has 2 atom stereocenters. The third-order valence-electron chi connectivity index (χ3n) is 3.38. The molecule has 2 bridgehead atoms. The zero-order valence-corrected chi connectivity index (χ0v) is 11.0. The van der Waals surface area contributed by atoms with Crippen LogP contribution in [0.2, 0.25) is 0 Å². The minimum atomic E-state index is -4.67. The molecule has 1 fully saturated rings. The Hall–Kier alpha value is -1.22. The summed E-state index contributed by atoms with van der Waals surface area (Å²) in [5.74, 6) is 1.21. The Morgan fingerprint density at radius 1 is 1.26 bits per heavy atom. The molecule has 2 aliphatic heterocycles. The molecule has 0 unspecified atom stereocenters. The maximum atomic E-state index is 11.6. The summed E-state index contributed by atoms with van der Waals surface area (Å²) in [6.07, 6.45) is 1.25. The molecule has 1 saturated heterocycles. The first kappa shape index (κ1) is 14.2. The van der Waals surface area contributed by atoms with Gasteiger partial charge in [-0.25, -0.2) is 0 Å². The number of pyridine rings is 1. The maximum absolute atomic E-state index is 11.6. The summed E-state index contributed by atoms with van der Waals surface area (Å²) in [4.78, 5) is 11.6.